The Morgan fingerprint density at radius 3 is 2.67 bits per heavy atom. The molecule has 2 aromatic rings. The van der Waals surface area contributed by atoms with Crippen LogP contribution in [0.1, 0.15) is 35.9 Å². The first-order valence-corrected chi connectivity index (χ1v) is 8.50. The summed E-state index contributed by atoms with van der Waals surface area (Å²) in [5, 5.41) is 14.4. The summed E-state index contributed by atoms with van der Waals surface area (Å²) in [5.41, 5.74) is 4.11. The lowest BCUT2D eigenvalue weighted by atomic mass is 10.1. The summed E-state index contributed by atoms with van der Waals surface area (Å²) in [7, 11) is 0. The van der Waals surface area contributed by atoms with Crippen molar-refractivity contribution in [2.24, 2.45) is 0 Å². The molecule has 0 saturated carbocycles. The summed E-state index contributed by atoms with van der Waals surface area (Å²) in [5.74, 6) is -0.804. The maximum Gasteiger partial charge on any atom is 0.317 e. The third kappa shape index (κ3) is 4.58. The van der Waals surface area contributed by atoms with E-state index in [1.807, 2.05) is 47.7 Å². The Hall–Kier alpha value is -1.85. The topological polar surface area (TPSA) is 58.4 Å². The molecule has 1 N–H and O–H groups in total. The van der Waals surface area contributed by atoms with E-state index < -0.39 is 5.97 Å². The molecule has 0 unspecified atom stereocenters. The van der Waals surface area contributed by atoms with Crippen LogP contribution in [0.5, 0.6) is 0 Å². The number of halogens is 1. The molecule has 1 aromatic heterocycles. The number of rotatable bonds is 8. The van der Waals surface area contributed by atoms with Gasteiger partial charge in [-0.05, 0) is 38.4 Å². The second-order valence-corrected chi connectivity index (χ2v) is 6.41. The van der Waals surface area contributed by atoms with Gasteiger partial charge in [-0.1, -0.05) is 36.7 Å². The number of hydrogen-bond donors (Lipinski definition) is 1. The van der Waals surface area contributed by atoms with E-state index in [4.69, 9.17) is 16.7 Å². The van der Waals surface area contributed by atoms with Gasteiger partial charge in [0.05, 0.1) is 18.8 Å². The second-order valence-electron chi connectivity index (χ2n) is 6.00. The van der Waals surface area contributed by atoms with Gasteiger partial charge < -0.3 is 5.11 Å². The molecule has 0 spiro atoms. The van der Waals surface area contributed by atoms with Gasteiger partial charge in [-0.25, -0.2) is 0 Å². The summed E-state index contributed by atoms with van der Waals surface area (Å²) in [6.07, 6.45) is 0.916. The van der Waals surface area contributed by atoms with Gasteiger partial charge in [-0.2, -0.15) is 5.10 Å². The number of nitrogens with zero attached hydrogens (tertiary/aromatic N) is 3. The van der Waals surface area contributed by atoms with Crippen molar-refractivity contribution >= 4 is 17.6 Å². The third-order valence-corrected chi connectivity index (χ3v) is 4.46. The van der Waals surface area contributed by atoms with Gasteiger partial charge in [-0.3, -0.25) is 14.4 Å². The van der Waals surface area contributed by atoms with Crippen molar-refractivity contribution in [3.05, 3.63) is 51.8 Å². The molecule has 0 amide bonds. The zero-order chi connectivity index (χ0) is 17.7. The minimum atomic E-state index is -0.804. The fraction of sp³-hybridized carbons (Fsp3) is 0.444. The zero-order valence-electron chi connectivity index (χ0n) is 14.4. The monoisotopic (exact) mass is 349 g/mol. The van der Waals surface area contributed by atoms with Gasteiger partial charge in [0.25, 0.3) is 0 Å². The van der Waals surface area contributed by atoms with Crippen LogP contribution in [0, 0.1) is 13.8 Å². The lowest BCUT2D eigenvalue weighted by Crippen LogP contribution is -2.30. The Labute approximate surface area is 147 Å². The Morgan fingerprint density at radius 1 is 1.33 bits per heavy atom. The molecule has 1 aromatic carbocycles. The Morgan fingerprint density at radius 2 is 2.04 bits per heavy atom. The molecule has 24 heavy (non-hydrogen) atoms. The van der Waals surface area contributed by atoms with E-state index in [-0.39, 0.29) is 6.54 Å². The van der Waals surface area contributed by atoms with Crippen molar-refractivity contribution in [3.63, 3.8) is 0 Å². The fourth-order valence-corrected chi connectivity index (χ4v) is 3.05. The highest BCUT2D eigenvalue weighted by molar-refractivity contribution is 6.31. The molecular formula is C18H24ClN3O2. The SMILES string of the molecule is CCCN(CC(=O)O)Cc1c(C)nn(Cc2ccccc2Cl)c1C. The molecule has 0 radical (unpaired) electrons. The zero-order valence-corrected chi connectivity index (χ0v) is 15.2. The molecule has 0 aliphatic rings. The number of benzene rings is 1. The first-order chi connectivity index (χ1) is 11.4. The fourth-order valence-electron chi connectivity index (χ4n) is 2.85. The van der Waals surface area contributed by atoms with Crippen LogP contribution in [0.25, 0.3) is 0 Å². The van der Waals surface area contributed by atoms with Crippen molar-refractivity contribution < 1.29 is 9.90 Å². The number of carbonyl (C=O) groups is 1. The standard InChI is InChI=1S/C18H24ClN3O2/c1-4-9-21(12-18(23)24)11-16-13(2)20-22(14(16)3)10-15-7-5-6-8-17(15)19/h5-8H,4,9-12H2,1-3H3,(H,23,24). The van der Waals surface area contributed by atoms with E-state index in [9.17, 15) is 4.79 Å². The van der Waals surface area contributed by atoms with Gasteiger partial charge in [0, 0.05) is 22.8 Å². The smallest absolute Gasteiger partial charge is 0.317 e. The molecule has 2 rings (SSSR count). The van der Waals surface area contributed by atoms with Crippen LogP contribution in [-0.2, 0) is 17.9 Å². The van der Waals surface area contributed by atoms with E-state index in [1.54, 1.807) is 0 Å². The predicted octanol–water partition coefficient (Wildman–Crippen LogP) is 3.50. The van der Waals surface area contributed by atoms with E-state index in [2.05, 4.69) is 12.0 Å². The third-order valence-electron chi connectivity index (χ3n) is 4.09. The number of aliphatic carboxylic acids is 1. The van der Waals surface area contributed by atoms with E-state index >= 15 is 0 Å². The summed E-state index contributed by atoms with van der Waals surface area (Å²) >= 11 is 6.24. The maximum atomic E-state index is 11.1. The molecule has 0 saturated heterocycles. The molecule has 0 aliphatic carbocycles. The van der Waals surface area contributed by atoms with Crippen molar-refractivity contribution in [2.45, 2.75) is 40.3 Å². The van der Waals surface area contributed by atoms with Gasteiger partial charge in [0.15, 0.2) is 0 Å². The summed E-state index contributed by atoms with van der Waals surface area (Å²) in [6, 6.07) is 7.74. The number of carboxylic acid groups (broad SMARTS) is 1. The van der Waals surface area contributed by atoms with E-state index in [0.29, 0.717) is 13.1 Å². The van der Waals surface area contributed by atoms with Crippen LogP contribution in [0.2, 0.25) is 5.02 Å². The highest BCUT2D eigenvalue weighted by Crippen LogP contribution is 2.20. The molecular weight excluding hydrogens is 326 g/mol. The summed E-state index contributed by atoms with van der Waals surface area (Å²) in [6.45, 7) is 8.05. The highest BCUT2D eigenvalue weighted by Gasteiger charge is 2.17. The van der Waals surface area contributed by atoms with Gasteiger partial charge in [0.2, 0.25) is 0 Å². The van der Waals surface area contributed by atoms with Crippen LogP contribution in [0.3, 0.4) is 0 Å². The Kier molecular flexibility index (Phi) is 6.40. The van der Waals surface area contributed by atoms with Crippen LogP contribution in [-0.4, -0.2) is 38.8 Å². The summed E-state index contributed by atoms with van der Waals surface area (Å²) < 4.78 is 1.94. The quantitative estimate of drug-likeness (QED) is 0.792. The van der Waals surface area contributed by atoms with Crippen LogP contribution < -0.4 is 0 Å². The van der Waals surface area contributed by atoms with Gasteiger partial charge in [-0.15, -0.1) is 0 Å². The maximum absolute atomic E-state index is 11.1. The molecule has 0 fully saturated rings. The number of aryl methyl sites for hydroxylation is 1. The normalized spacial score (nSPS) is 11.2. The summed E-state index contributed by atoms with van der Waals surface area (Å²) in [4.78, 5) is 13.0. The number of hydrogen-bond acceptors (Lipinski definition) is 3. The van der Waals surface area contributed by atoms with Crippen LogP contribution in [0.4, 0.5) is 0 Å². The first-order valence-electron chi connectivity index (χ1n) is 8.12. The minimum Gasteiger partial charge on any atom is -0.480 e. The minimum absolute atomic E-state index is 0.0441. The van der Waals surface area contributed by atoms with Crippen molar-refractivity contribution in [1.29, 1.82) is 0 Å². The first kappa shape index (κ1) is 18.5. The second kappa shape index (κ2) is 8.31. The predicted molar refractivity (Wildman–Crippen MR) is 95.5 cm³/mol. The Bertz CT molecular complexity index is 712. The van der Waals surface area contributed by atoms with Crippen LogP contribution >= 0.6 is 11.6 Å². The number of aromatic nitrogens is 2. The highest BCUT2D eigenvalue weighted by atomic mass is 35.5. The van der Waals surface area contributed by atoms with E-state index in [1.165, 1.54) is 0 Å². The molecule has 0 bridgehead atoms. The van der Waals surface area contributed by atoms with Crippen molar-refractivity contribution in [2.75, 3.05) is 13.1 Å². The molecule has 6 heteroatoms. The molecule has 130 valence electrons. The molecule has 0 atom stereocenters. The van der Waals surface area contributed by atoms with Gasteiger partial charge in [0.1, 0.15) is 0 Å². The number of carboxylic acids is 1. The molecule has 0 aliphatic heterocycles. The average molecular weight is 350 g/mol. The lowest BCUT2D eigenvalue weighted by molar-refractivity contribution is -0.138. The van der Waals surface area contributed by atoms with Crippen LogP contribution in [0.15, 0.2) is 24.3 Å². The molecule has 1 heterocycles. The Balaban J connectivity index is 2.21. The molecule has 5 nitrogen and oxygen atoms in total. The van der Waals surface area contributed by atoms with Gasteiger partial charge >= 0.3 is 5.97 Å². The van der Waals surface area contributed by atoms with Crippen molar-refractivity contribution in [3.8, 4) is 0 Å². The largest absolute Gasteiger partial charge is 0.480 e. The lowest BCUT2D eigenvalue weighted by Gasteiger charge is -2.19. The average Bonchev–Trinajstić information content (AvgIpc) is 2.77. The van der Waals surface area contributed by atoms with Crippen molar-refractivity contribution in [1.82, 2.24) is 14.7 Å². The van der Waals surface area contributed by atoms with E-state index in [0.717, 1.165) is 40.5 Å².